The predicted octanol–water partition coefficient (Wildman–Crippen LogP) is 1.88. The standard InChI is InChI=1S/C11H13NO/c1-12-7-3-5-10-9(8-13)4-2-6-11(10)12/h2,4,6,8H,3,5,7H2,1H3. The highest BCUT2D eigenvalue weighted by atomic mass is 16.1. The summed E-state index contributed by atoms with van der Waals surface area (Å²) in [5, 5.41) is 0. The van der Waals surface area contributed by atoms with Crippen LogP contribution in [0.15, 0.2) is 18.2 Å². The molecule has 68 valence electrons. The van der Waals surface area contributed by atoms with Gasteiger partial charge >= 0.3 is 0 Å². The van der Waals surface area contributed by atoms with Crippen LogP contribution in [0.1, 0.15) is 22.3 Å². The van der Waals surface area contributed by atoms with Crippen molar-refractivity contribution in [3.8, 4) is 0 Å². The summed E-state index contributed by atoms with van der Waals surface area (Å²) in [6, 6.07) is 5.93. The van der Waals surface area contributed by atoms with E-state index >= 15 is 0 Å². The van der Waals surface area contributed by atoms with Crippen molar-refractivity contribution in [1.82, 2.24) is 0 Å². The Kier molecular flexibility index (Phi) is 2.05. The molecule has 0 fully saturated rings. The normalized spacial score (nSPS) is 15.3. The Morgan fingerprint density at radius 1 is 1.46 bits per heavy atom. The zero-order chi connectivity index (χ0) is 9.26. The van der Waals surface area contributed by atoms with Gasteiger partial charge in [0.15, 0.2) is 0 Å². The second-order valence-electron chi connectivity index (χ2n) is 3.49. The summed E-state index contributed by atoms with van der Waals surface area (Å²) in [7, 11) is 2.08. The Hall–Kier alpha value is -1.31. The lowest BCUT2D eigenvalue weighted by molar-refractivity contribution is 0.112. The maximum absolute atomic E-state index is 10.8. The van der Waals surface area contributed by atoms with Crippen LogP contribution in [-0.4, -0.2) is 19.9 Å². The summed E-state index contributed by atoms with van der Waals surface area (Å²) < 4.78 is 0. The van der Waals surface area contributed by atoms with Gasteiger partial charge in [0.2, 0.25) is 0 Å². The Morgan fingerprint density at radius 2 is 2.31 bits per heavy atom. The highest BCUT2D eigenvalue weighted by molar-refractivity contribution is 5.81. The Balaban J connectivity index is 2.54. The molecule has 0 atom stereocenters. The number of carbonyl (C=O) groups is 1. The largest absolute Gasteiger partial charge is 0.374 e. The third-order valence-electron chi connectivity index (χ3n) is 2.65. The van der Waals surface area contributed by atoms with Gasteiger partial charge in [-0.1, -0.05) is 12.1 Å². The molecule has 13 heavy (non-hydrogen) atoms. The molecule has 0 N–H and O–H groups in total. The zero-order valence-electron chi connectivity index (χ0n) is 7.79. The molecule has 0 spiro atoms. The summed E-state index contributed by atoms with van der Waals surface area (Å²) in [6.45, 7) is 1.09. The second kappa shape index (κ2) is 3.21. The smallest absolute Gasteiger partial charge is 0.150 e. The van der Waals surface area contributed by atoms with Crippen molar-refractivity contribution >= 4 is 12.0 Å². The zero-order valence-corrected chi connectivity index (χ0v) is 7.79. The number of hydrogen-bond donors (Lipinski definition) is 0. The van der Waals surface area contributed by atoms with E-state index in [2.05, 4.69) is 18.0 Å². The van der Waals surface area contributed by atoms with Crippen LogP contribution < -0.4 is 4.90 Å². The maximum Gasteiger partial charge on any atom is 0.150 e. The fraction of sp³-hybridized carbons (Fsp3) is 0.364. The topological polar surface area (TPSA) is 20.3 Å². The van der Waals surface area contributed by atoms with E-state index in [1.54, 1.807) is 0 Å². The van der Waals surface area contributed by atoms with Gasteiger partial charge in [0.05, 0.1) is 0 Å². The van der Waals surface area contributed by atoms with Gasteiger partial charge in [0, 0.05) is 24.8 Å². The molecule has 1 aromatic rings. The molecule has 1 heterocycles. The molecule has 0 aromatic heterocycles. The third-order valence-corrected chi connectivity index (χ3v) is 2.65. The van der Waals surface area contributed by atoms with E-state index in [4.69, 9.17) is 0 Å². The van der Waals surface area contributed by atoms with Crippen LogP contribution in [0, 0.1) is 0 Å². The van der Waals surface area contributed by atoms with Gasteiger partial charge in [0.25, 0.3) is 0 Å². The number of aldehydes is 1. The molecule has 0 saturated heterocycles. The van der Waals surface area contributed by atoms with E-state index in [0.717, 1.165) is 31.2 Å². The molecule has 2 rings (SSSR count). The van der Waals surface area contributed by atoms with E-state index in [1.807, 2.05) is 12.1 Å². The molecular formula is C11H13NO. The first kappa shape index (κ1) is 8.30. The van der Waals surface area contributed by atoms with E-state index in [0.29, 0.717) is 0 Å². The van der Waals surface area contributed by atoms with Crippen molar-refractivity contribution in [2.24, 2.45) is 0 Å². The molecule has 0 saturated carbocycles. The Bertz CT molecular complexity index is 333. The average Bonchev–Trinajstić information content (AvgIpc) is 2.18. The van der Waals surface area contributed by atoms with Crippen molar-refractivity contribution in [2.45, 2.75) is 12.8 Å². The lowest BCUT2D eigenvalue weighted by Crippen LogP contribution is -2.25. The van der Waals surface area contributed by atoms with Crippen molar-refractivity contribution in [2.75, 3.05) is 18.5 Å². The number of nitrogens with zero attached hydrogens (tertiary/aromatic N) is 1. The summed E-state index contributed by atoms with van der Waals surface area (Å²) in [6.07, 6.45) is 3.14. The van der Waals surface area contributed by atoms with E-state index in [-0.39, 0.29) is 0 Å². The lowest BCUT2D eigenvalue weighted by atomic mass is 9.97. The van der Waals surface area contributed by atoms with Gasteiger partial charge in [-0.25, -0.2) is 0 Å². The minimum atomic E-state index is 0.851. The first-order valence-electron chi connectivity index (χ1n) is 4.61. The minimum absolute atomic E-state index is 0.851. The predicted molar refractivity (Wildman–Crippen MR) is 53.4 cm³/mol. The molecular weight excluding hydrogens is 162 g/mol. The van der Waals surface area contributed by atoms with Gasteiger partial charge in [-0.3, -0.25) is 4.79 Å². The summed E-state index contributed by atoms with van der Waals surface area (Å²) in [4.78, 5) is 13.0. The highest BCUT2D eigenvalue weighted by Gasteiger charge is 2.15. The van der Waals surface area contributed by atoms with Crippen LogP contribution in [0.3, 0.4) is 0 Å². The number of anilines is 1. The van der Waals surface area contributed by atoms with Crippen LogP contribution in [-0.2, 0) is 6.42 Å². The number of fused-ring (bicyclic) bond motifs is 1. The first-order chi connectivity index (χ1) is 6.33. The van der Waals surface area contributed by atoms with Crippen molar-refractivity contribution in [3.05, 3.63) is 29.3 Å². The minimum Gasteiger partial charge on any atom is -0.374 e. The number of hydrogen-bond acceptors (Lipinski definition) is 2. The van der Waals surface area contributed by atoms with Crippen molar-refractivity contribution in [1.29, 1.82) is 0 Å². The molecule has 0 unspecified atom stereocenters. The molecule has 2 heteroatoms. The molecule has 1 aliphatic heterocycles. The quantitative estimate of drug-likeness (QED) is 0.607. The fourth-order valence-electron chi connectivity index (χ4n) is 1.95. The summed E-state index contributed by atoms with van der Waals surface area (Å²) in [5.41, 5.74) is 3.28. The van der Waals surface area contributed by atoms with E-state index < -0.39 is 0 Å². The average molecular weight is 175 g/mol. The van der Waals surface area contributed by atoms with E-state index in [1.165, 1.54) is 11.3 Å². The molecule has 1 aromatic carbocycles. The number of carbonyl (C=O) groups excluding carboxylic acids is 1. The Morgan fingerprint density at radius 3 is 3.08 bits per heavy atom. The molecule has 2 nitrogen and oxygen atoms in total. The maximum atomic E-state index is 10.8. The van der Waals surface area contributed by atoms with Gasteiger partial charge in [-0.2, -0.15) is 0 Å². The second-order valence-corrected chi connectivity index (χ2v) is 3.49. The third kappa shape index (κ3) is 1.32. The van der Waals surface area contributed by atoms with Crippen LogP contribution in [0.5, 0.6) is 0 Å². The van der Waals surface area contributed by atoms with Crippen molar-refractivity contribution in [3.63, 3.8) is 0 Å². The van der Waals surface area contributed by atoms with Gasteiger partial charge in [-0.15, -0.1) is 0 Å². The number of rotatable bonds is 1. The number of benzene rings is 1. The van der Waals surface area contributed by atoms with Gasteiger partial charge in [-0.05, 0) is 24.5 Å². The SMILES string of the molecule is CN1CCCc2c(C=O)cccc21. The molecule has 0 aliphatic carbocycles. The lowest BCUT2D eigenvalue weighted by Gasteiger charge is -2.28. The van der Waals surface area contributed by atoms with Gasteiger partial charge in [0.1, 0.15) is 6.29 Å². The summed E-state index contributed by atoms with van der Waals surface area (Å²) >= 11 is 0. The Labute approximate surface area is 78.2 Å². The first-order valence-corrected chi connectivity index (χ1v) is 4.61. The van der Waals surface area contributed by atoms with Crippen molar-refractivity contribution < 1.29 is 4.79 Å². The molecule has 1 aliphatic rings. The molecule has 0 bridgehead atoms. The monoisotopic (exact) mass is 175 g/mol. The van der Waals surface area contributed by atoms with Crippen LogP contribution >= 0.6 is 0 Å². The van der Waals surface area contributed by atoms with Crippen LogP contribution in [0.25, 0.3) is 0 Å². The van der Waals surface area contributed by atoms with Crippen LogP contribution in [0.4, 0.5) is 5.69 Å². The van der Waals surface area contributed by atoms with Gasteiger partial charge < -0.3 is 4.90 Å². The molecule has 0 radical (unpaired) electrons. The summed E-state index contributed by atoms with van der Waals surface area (Å²) in [5.74, 6) is 0. The fourth-order valence-corrected chi connectivity index (χ4v) is 1.95. The van der Waals surface area contributed by atoms with Crippen LogP contribution in [0.2, 0.25) is 0 Å². The highest BCUT2D eigenvalue weighted by Crippen LogP contribution is 2.27. The molecule has 0 amide bonds. The van der Waals surface area contributed by atoms with E-state index in [9.17, 15) is 4.79 Å².